The van der Waals surface area contributed by atoms with Gasteiger partial charge in [0.2, 0.25) is 0 Å². The van der Waals surface area contributed by atoms with Crippen LogP contribution in [0.15, 0.2) is 24.3 Å². The summed E-state index contributed by atoms with van der Waals surface area (Å²) in [6.07, 6.45) is 4.39. The highest BCUT2D eigenvalue weighted by Crippen LogP contribution is 2.20. The van der Waals surface area contributed by atoms with Crippen LogP contribution in [0, 0.1) is 0 Å². The number of ether oxygens (including phenoxy) is 2. The van der Waals surface area contributed by atoms with Crippen LogP contribution in [0.1, 0.15) is 36.0 Å². The first-order valence-electron chi connectivity index (χ1n) is 8.18. The molecular formula is C17H25ClN2O3. The summed E-state index contributed by atoms with van der Waals surface area (Å²) in [6.45, 7) is 3.19. The maximum atomic E-state index is 12.5. The number of piperidine rings is 1. The normalized spacial score (nSPS) is 23.8. The Morgan fingerprint density at radius 2 is 2.17 bits per heavy atom. The van der Waals surface area contributed by atoms with Crippen molar-refractivity contribution in [2.75, 3.05) is 26.3 Å². The Labute approximate surface area is 143 Å². The van der Waals surface area contributed by atoms with E-state index < -0.39 is 0 Å². The van der Waals surface area contributed by atoms with Gasteiger partial charge >= 0.3 is 0 Å². The molecule has 0 bridgehead atoms. The zero-order chi connectivity index (χ0) is 15.2. The third-order valence-corrected chi connectivity index (χ3v) is 4.21. The predicted molar refractivity (Wildman–Crippen MR) is 91.5 cm³/mol. The highest BCUT2D eigenvalue weighted by Gasteiger charge is 2.20. The van der Waals surface area contributed by atoms with E-state index in [-0.39, 0.29) is 30.5 Å². The van der Waals surface area contributed by atoms with Gasteiger partial charge < -0.3 is 20.1 Å². The van der Waals surface area contributed by atoms with Crippen LogP contribution >= 0.6 is 12.4 Å². The summed E-state index contributed by atoms with van der Waals surface area (Å²) in [7, 11) is 0. The van der Waals surface area contributed by atoms with Crippen molar-refractivity contribution in [1.29, 1.82) is 0 Å². The van der Waals surface area contributed by atoms with E-state index in [0.717, 1.165) is 45.4 Å². The van der Waals surface area contributed by atoms with E-state index in [1.807, 2.05) is 24.3 Å². The molecule has 1 aromatic rings. The Bertz CT molecular complexity index is 500. The zero-order valence-corrected chi connectivity index (χ0v) is 14.1. The summed E-state index contributed by atoms with van der Waals surface area (Å²) >= 11 is 0. The van der Waals surface area contributed by atoms with E-state index in [2.05, 4.69) is 10.6 Å². The van der Waals surface area contributed by atoms with Crippen LogP contribution in [0.4, 0.5) is 0 Å². The van der Waals surface area contributed by atoms with Gasteiger partial charge in [-0.25, -0.2) is 0 Å². The van der Waals surface area contributed by atoms with Crippen LogP contribution < -0.4 is 15.4 Å². The van der Waals surface area contributed by atoms with Gasteiger partial charge in [-0.3, -0.25) is 4.79 Å². The van der Waals surface area contributed by atoms with Gasteiger partial charge in [0.15, 0.2) is 0 Å². The lowest BCUT2D eigenvalue weighted by atomic mass is 10.1. The quantitative estimate of drug-likeness (QED) is 0.862. The molecule has 0 saturated carbocycles. The molecule has 0 aromatic heterocycles. The van der Waals surface area contributed by atoms with Gasteiger partial charge in [0, 0.05) is 19.2 Å². The molecular weight excluding hydrogens is 316 g/mol. The predicted octanol–water partition coefficient (Wildman–Crippen LogP) is 2.15. The van der Waals surface area contributed by atoms with Crippen LogP contribution in [0.3, 0.4) is 0 Å². The number of carbonyl (C=O) groups is 1. The van der Waals surface area contributed by atoms with Gasteiger partial charge in [0.05, 0.1) is 11.7 Å². The summed E-state index contributed by atoms with van der Waals surface area (Å²) in [6, 6.07) is 7.63. The first kappa shape index (κ1) is 18.0. The van der Waals surface area contributed by atoms with Gasteiger partial charge in [-0.05, 0) is 44.4 Å². The fourth-order valence-corrected chi connectivity index (χ4v) is 2.98. The van der Waals surface area contributed by atoms with Crippen molar-refractivity contribution in [3.63, 3.8) is 0 Å². The third-order valence-electron chi connectivity index (χ3n) is 4.21. The second kappa shape index (κ2) is 9.11. The van der Waals surface area contributed by atoms with E-state index in [4.69, 9.17) is 9.47 Å². The summed E-state index contributed by atoms with van der Waals surface area (Å²) in [5, 5.41) is 6.40. The molecule has 6 heteroatoms. The summed E-state index contributed by atoms with van der Waals surface area (Å²) < 4.78 is 11.4. The molecule has 128 valence electrons. The van der Waals surface area contributed by atoms with E-state index in [9.17, 15) is 4.79 Å². The molecule has 1 unspecified atom stereocenters. The SMILES string of the molecule is Cl.O=C(N[C@H]1CCCNC1)c1ccccc1OCC1CCCO1. The number of hydrogen-bond acceptors (Lipinski definition) is 4. The highest BCUT2D eigenvalue weighted by atomic mass is 35.5. The van der Waals surface area contributed by atoms with Gasteiger partial charge in [0.25, 0.3) is 5.91 Å². The number of nitrogens with one attached hydrogen (secondary N) is 2. The Kier molecular flexibility index (Phi) is 7.15. The van der Waals surface area contributed by atoms with E-state index in [1.54, 1.807) is 0 Å². The maximum absolute atomic E-state index is 12.5. The first-order chi connectivity index (χ1) is 10.8. The van der Waals surface area contributed by atoms with Crippen molar-refractivity contribution in [1.82, 2.24) is 10.6 Å². The number of hydrogen-bond donors (Lipinski definition) is 2. The average molecular weight is 341 g/mol. The Morgan fingerprint density at radius 1 is 1.30 bits per heavy atom. The van der Waals surface area contributed by atoms with Gasteiger partial charge in [-0.1, -0.05) is 12.1 Å². The summed E-state index contributed by atoms with van der Waals surface area (Å²) in [5.41, 5.74) is 0.603. The van der Waals surface area contributed by atoms with E-state index in [1.165, 1.54) is 0 Å². The van der Waals surface area contributed by atoms with Crippen molar-refractivity contribution in [3.05, 3.63) is 29.8 Å². The minimum Gasteiger partial charge on any atom is -0.490 e. The van der Waals surface area contributed by atoms with Crippen molar-refractivity contribution >= 4 is 18.3 Å². The Balaban J connectivity index is 0.00000192. The third kappa shape index (κ3) is 5.09. The smallest absolute Gasteiger partial charge is 0.255 e. The summed E-state index contributed by atoms with van der Waals surface area (Å²) in [4.78, 5) is 12.5. The summed E-state index contributed by atoms with van der Waals surface area (Å²) in [5.74, 6) is 0.580. The fraction of sp³-hybridized carbons (Fsp3) is 0.588. The maximum Gasteiger partial charge on any atom is 0.255 e. The molecule has 1 aromatic carbocycles. The molecule has 0 spiro atoms. The lowest BCUT2D eigenvalue weighted by Crippen LogP contribution is -2.45. The largest absolute Gasteiger partial charge is 0.490 e. The molecule has 2 atom stereocenters. The van der Waals surface area contributed by atoms with Crippen molar-refractivity contribution in [2.24, 2.45) is 0 Å². The average Bonchev–Trinajstić information content (AvgIpc) is 3.07. The van der Waals surface area contributed by atoms with Crippen LogP contribution in [-0.4, -0.2) is 44.4 Å². The molecule has 0 radical (unpaired) electrons. The lowest BCUT2D eigenvalue weighted by molar-refractivity contribution is 0.0669. The molecule has 2 saturated heterocycles. The molecule has 2 fully saturated rings. The van der Waals surface area contributed by atoms with Crippen molar-refractivity contribution in [2.45, 2.75) is 37.8 Å². The zero-order valence-electron chi connectivity index (χ0n) is 13.3. The number of rotatable bonds is 5. The molecule has 2 N–H and O–H groups in total. The molecule has 2 heterocycles. The number of para-hydroxylation sites is 1. The first-order valence-corrected chi connectivity index (χ1v) is 8.18. The molecule has 1 amide bonds. The highest BCUT2D eigenvalue weighted by molar-refractivity contribution is 5.97. The minimum atomic E-state index is -0.0587. The Hall–Kier alpha value is -1.30. The number of halogens is 1. The van der Waals surface area contributed by atoms with Crippen LogP contribution in [0.5, 0.6) is 5.75 Å². The van der Waals surface area contributed by atoms with Crippen molar-refractivity contribution in [3.8, 4) is 5.75 Å². The minimum absolute atomic E-state index is 0. The molecule has 2 aliphatic rings. The standard InChI is InChI=1S/C17H24N2O3.ClH/c20-17(19-13-5-3-9-18-11-13)15-7-1-2-8-16(15)22-12-14-6-4-10-21-14;/h1-2,7-8,13-14,18H,3-6,9-12H2,(H,19,20);1H/t13-,14?;/m0./s1. The molecule has 2 aliphatic heterocycles. The van der Waals surface area contributed by atoms with E-state index >= 15 is 0 Å². The second-order valence-electron chi connectivity index (χ2n) is 5.96. The topological polar surface area (TPSA) is 59.6 Å². The number of amides is 1. The molecule has 5 nitrogen and oxygen atoms in total. The molecule has 23 heavy (non-hydrogen) atoms. The lowest BCUT2D eigenvalue weighted by Gasteiger charge is -2.24. The van der Waals surface area contributed by atoms with Crippen LogP contribution in [-0.2, 0) is 4.74 Å². The van der Waals surface area contributed by atoms with Gasteiger partial charge in [-0.2, -0.15) is 0 Å². The van der Waals surface area contributed by atoms with Crippen LogP contribution in [0.25, 0.3) is 0 Å². The number of carbonyl (C=O) groups excluding carboxylic acids is 1. The van der Waals surface area contributed by atoms with Crippen molar-refractivity contribution < 1.29 is 14.3 Å². The monoisotopic (exact) mass is 340 g/mol. The van der Waals surface area contributed by atoms with E-state index in [0.29, 0.717) is 17.9 Å². The molecule has 3 rings (SSSR count). The van der Waals surface area contributed by atoms with Gasteiger partial charge in [-0.15, -0.1) is 12.4 Å². The van der Waals surface area contributed by atoms with Gasteiger partial charge in [0.1, 0.15) is 12.4 Å². The number of benzene rings is 1. The fourth-order valence-electron chi connectivity index (χ4n) is 2.98. The van der Waals surface area contributed by atoms with Crippen LogP contribution in [0.2, 0.25) is 0 Å². The Morgan fingerprint density at radius 3 is 2.91 bits per heavy atom. The molecule has 0 aliphatic carbocycles. The second-order valence-corrected chi connectivity index (χ2v) is 5.96.